The highest BCUT2D eigenvalue weighted by molar-refractivity contribution is 5.91. The molecular formula is C25H26O4. The van der Waals surface area contributed by atoms with Crippen molar-refractivity contribution in [1.82, 2.24) is 0 Å². The number of ether oxygens (including phenoxy) is 2. The summed E-state index contributed by atoms with van der Waals surface area (Å²) >= 11 is 0. The summed E-state index contributed by atoms with van der Waals surface area (Å²) < 4.78 is 11.8. The van der Waals surface area contributed by atoms with Crippen molar-refractivity contribution < 1.29 is 19.4 Å². The summed E-state index contributed by atoms with van der Waals surface area (Å²) in [4.78, 5) is 11.5. The fraction of sp³-hybridized carbons (Fsp3) is 0.240. The van der Waals surface area contributed by atoms with Crippen molar-refractivity contribution in [3.05, 3.63) is 93.5 Å². The first-order valence-electron chi connectivity index (χ1n) is 9.59. The first-order valence-corrected chi connectivity index (χ1v) is 9.59. The number of carbonyl (C=O) groups is 1. The number of hydrogen-bond donors (Lipinski definition) is 1. The van der Waals surface area contributed by atoms with Crippen molar-refractivity contribution in [1.29, 1.82) is 0 Å². The third kappa shape index (κ3) is 4.96. The highest BCUT2D eigenvalue weighted by Crippen LogP contribution is 2.24. The van der Waals surface area contributed by atoms with Gasteiger partial charge in [-0.3, -0.25) is 0 Å². The van der Waals surface area contributed by atoms with Crippen LogP contribution in [0.25, 0.3) is 0 Å². The van der Waals surface area contributed by atoms with E-state index in [1.807, 2.05) is 30.3 Å². The minimum atomic E-state index is -0.942. The molecule has 3 aromatic rings. The van der Waals surface area contributed by atoms with E-state index in [1.54, 1.807) is 19.1 Å². The Morgan fingerprint density at radius 1 is 0.724 bits per heavy atom. The van der Waals surface area contributed by atoms with E-state index >= 15 is 0 Å². The van der Waals surface area contributed by atoms with E-state index < -0.39 is 5.97 Å². The largest absolute Gasteiger partial charge is 0.489 e. The highest BCUT2D eigenvalue weighted by Gasteiger charge is 2.13. The Bertz CT molecular complexity index is 1040. The molecule has 1 N–H and O–H groups in total. The number of aryl methyl sites for hydroxylation is 4. The van der Waals surface area contributed by atoms with Gasteiger partial charge in [-0.1, -0.05) is 36.4 Å². The van der Waals surface area contributed by atoms with Crippen LogP contribution in [0, 0.1) is 27.7 Å². The van der Waals surface area contributed by atoms with Crippen LogP contribution in [0.5, 0.6) is 11.5 Å². The SMILES string of the molecule is Cc1cc(C)c(COc2cccc(OCc3cccc(C)c3C(=O)O)c2)cc1C. The van der Waals surface area contributed by atoms with Gasteiger partial charge < -0.3 is 14.6 Å². The lowest BCUT2D eigenvalue weighted by atomic mass is 10.0. The smallest absolute Gasteiger partial charge is 0.336 e. The zero-order chi connectivity index (χ0) is 21.0. The molecule has 0 spiro atoms. The summed E-state index contributed by atoms with van der Waals surface area (Å²) in [5.41, 5.74) is 6.56. The minimum absolute atomic E-state index is 0.184. The Kier molecular flexibility index (Phi) is 6.23. The van der Waals surface area contributed by atoms with Crippen LogP contribution in [0.15, 0.2) is 54.6 Å². The number of aromatic carboxylic acids is 1. The number of rotatable bonds is 7. The summed E-state index contributed by atoms with van der Waals surface area (Å²) in [5.74, 6) is 0.405. The molecule has 0 aliphatic rings. The topological polar surface area (TPSA) is 55.8 Å². The normalized spacial score (nSPS) is 10.6. The molecule has 0 unspecified atom stereocenters. The lowest BCUT2D eigenvalue weighted by molar-refractivity contribution is 0.0693. The molecule has 29 heavy (non-hydrogen) atoms. The molecule has 0 aliphatic carbocycles. The zero-order valence-corrected chi connectivity index (χ0v) is 17.3. The summed E-state index contributed by atoms with van der Waals surface area (Å²) in [6, 6.07) is 17.2. The summed E-state index contributed by atoms with van der Waals surface area (Å²) in [7, 11) is 0. The Morgan fingerprint density at radius 2 is 1.31 bits per heavy atom. The minimum Gasteiger partial charge on any atom is -0.489 e. The summed E-state index contributed by atoms with van der Waals surface area (Å²) in [5, 5.41) is 9.45. The lowest BCUT2D eigenvalue weighted by Gasteiger charge is -2.13. The molecule has 0 saturated carbocycles. The van der Waals surface area contributed by atoms with Crippen LogP contribution in [-0.4, -0.2) is 11.1 Å². The van der Waals surface area contributed by atoms with Gasteiger partial charge in [0.05, 0.1) is 5.56 Å². The first kappa shape index (κ1) is 20.5. The standard InChI is InChI=1S/C25H26O4/c1-16-7-5-8-20(24(16)25(26)27)14-28-22-9-6-10-23(13-22)29-15-21-12-18(3)17(2)11-19(21)4/h5-13H,14-15H2,1-4H3,(H,26,27). The van der Waals surface area contributed by atoms with Gasteiger partial charge in [-0.15, -0.1) is 0 Å². The van der Waals surface area contributed by atoms with Crippen molar-refractivity contribution in [2.75, 3.05) is 0 Å². The van der Waals surface area contributed by atoms with Crippen molar-refractivity contribution in [2.45, 2.75) is 40.9 Å². The van der Waals surface area contributed by atoms with Crippen LogP contribution < -0.4 is 9.47 Å². The van der Waals surface area contributed by atoms with Crippen molar-refractivity contribution in [2.24, 2.45) is 0 Å². The van der Waals surface area contributed by atoms with Gasteiger partial charge in [-0.2, -0.15) is 0 Å². The van der Waals surface area contributed by atoms with Crippen LogP contribution in [0.3, 0.4) is 0 Å². The molecule has 0 bridgehead atoms. The number of benzene rings is 3. The Morgan fingerprint density at radius 3 is 1.97 bits per heavy atom. The van der Waals surface area contributed by atoms with Crippen LogP contribution in [-0.2, 0) is 13.2 Å². The molecule has 4 heteroatoms. The molecule has 0 saturated heterocycles. The average Bonchev–Trinajstić information content (AvgIpc) is 2.68. The quantitative estimate of drug-likeness (QED) is 0.556. The van der Waals surface area contributed by atoms with Crippen LogP contribution in [0.2, 0.25) is 0 Å². The molecular weight excluding hydrogens is 364 g/mol. The molecule has 0 aliphatic heterocycles. The van der Waals surface area contributed by atoms with Crippen molar-refractivity contribution in [3.63, 3.8) is 0 Å². The van der Waals surface area contributed by atoms with Gasteiger partial charge in [0, 0.05) is 11.6 Å². The number of carboxylic acid groups (broad SMARTS) is 1. The Balaban J connectivity index is 1.69. The zero-order valence-electron chi connectivity index (χ0n) is 17.3. The molecule has 0 heterocycles. The third-order valence-corrected chi connectivity index (χ3v) is 5.12. The van der Waals surface area contributed by atoms with Gasteiger partial charge in [0.1, 0.15) is 24.7 Å². The maximum Gasteiger partial charge on any atom is 0.336 e. The maximum atomic E-state index is 11.5. The maximum absolute atomic E-state index is 11.5. The van der Waals surface area contributed by atoms with Crippen LogP contribution in [0.4, 0.5) is 0 Å². The predicted molar refractivity (Wildman–Crippen MR) is 114 cm³/mol. The van der Waals surface area contributed by atoms with E-state index in [0.717, 1.165) is 11.1 Å². The molecule has 0 aromatic heterocycles. The van der Waals surface area contributed by atoms with Gasteiger partial charge in [0.25, 0.3) is 0 Å². The van der Waals surface area contributed by atoms with E-state index in [4.69, 9.17) is 9.47 Å². The first-order chi connectivity index (χ1) is 13.8. The third-order valence-electron chi connectivity index (χ3n) is 5.12. The molecule has 0 fully saturated rings. The molecule has 0 radical (unpaired) electrons. The van der Waals surface area contributed by atoms with E-state index in [9.17, 15) is 9.90 Å². The fourth-order valence-electron chi connectivity index (χ4n) is 3.31. The molecule has 4 nitrogen and oxygen atoms in total. The van der Waals surface area contributed by atoms with Crippen molar-refractivity contribution in [3.8, 4) is 11.5 Å². The number of hydrogen-bond acceptors (Lipinski definition) is 3. The Hall–Kier alpha value is -3.27. The monoisotopic (exact) mass is 390 g/mol. The Labute approximate surface area is 171 Å². The molecule has 0 atom stereocenters. The van der Waals surface area contributed by atoms with Gasteiger partial charge >= 0.3 is 5.97 Å². The lowest BCUT2D eigenvalue weighted by Crippen LogP contribution is -2.08. The van der Waals surface area contributed by atoms with Gasteiger partial charge in [0.15, 0.2) is 0 Å². The summed E-state index contributed by atoms with van der Waals surface area (Å²) in [6.07, 6.45) is 0. The summed E-state index contributed by atoms with van der Waals surface area (Å²) in [6.45, 7) is 8.75. The molecule has 3 rings (SSSR count). The van der Waals surface area contributed by atoms with Crippen LogP contribution in [0.1, 0.15) is 43.7 Å². The van der Waals surface area contributed by atoms with Gasteiger partial charge in [-0.05, 0) is 67.6 Å². The fourth-order valence-corrected chi connectivity index (χ4v) is 3.31. The van der Waals surface area contributed by atoms with Gasteiger partial charge in [0.2, 0.25) is 0 Å². The van der Waals surface area contributed by atoms with E-state index in [-0.39, 0.29) is 6.61 Å². The van der Waals surface area contributed by atoms with E-state index in [0.29, 0.717) is 29.2 Å². The van der Waals surface area contributed by atoms with E-state index in [1.165, 1.54) is 16.7 Å². The average molecular weight is 390 g/mol. The molecule has 3 aromatic carbocycles. The van der Waals surface area contributed by atoms with Crippen molar-refractivity contribution >= 4 is 5.97 Å². The second-order valence-corrected chi connectivity index (χ2v) is 7.33. The van der Waals surface area contributed by atoms with Crippen LogP contribution >= 0.6 is 0 Å². The molecule has 150 valence electrons. The predicted octanol–water partition coefficient (Wildman–Crippen LogP) is 5.78. The molecule has 0 amide bonds. The second kappa shape index (κ2) is 8.82. The van der Waals surface area contributed by atoms with E-state index in [2.05, 4.69) is 32.9 Å². The van der Waals surface area contributed by atoms with Gasteiger partial charge in [-0.25, -0.2) is 4.79 Å². The second-order valence-electron chi connectivity index (χ2n) is 7.33. The highest BCUT2D eigenvalue weighted by atomic mass is 16.5. The number of carboxylic acids is 1.